The number of benzene rings is 1. The number of rotatable bonds is 11. The molecule has 170 valence electrons. The monoisotopic (exact) mass is 449 g/mol. The van der Waals surface area contributed by atoms with Crippen molar-refractivity contribution in [2.45, 2.75) is 38.4 Å². The zero-order valence-corrected chi connectivity index (χ0v) is 19.9. The van der Waals surface area contributed by atoms with E-state index in [1.54, 1.807) is 18.4 Å². The van der Waals surface area contributed by atoms with Gasteiger partial charge in [-0.2, -0.15) is 11.3 Å². The SMILES string of the molecule is COCCN(Cc1ccccn1)[C@@H](Cc1ccccc1)C1CCN(Cc2ccsc2)CC1. The molecular weight excluding hydrogens is 414 g/mol. The van der Waals surface area contributed by atoms with Gasteiger partial charge < -0.3 is 4.74 Å². The average molecular weight is 450 g/mol. The van der Waals surface area contributed by atoms with Gasteiger partial charge in [0.1, 0.15) is 0 Å². The van der Waals surface area contributed by atoms with Crippen molar-refractivity contribution in [3.05, 3.63) is 88.4 Å². The molecule has 1 saturated heterocycles. The van der Waals surface area contributed by atoms with E-state index >= 15 is 0 Å². The van der Waals surface area contributed by atoms with Crippen LogP contribution in [0.5, 0.6) is 0 Å². The largest absolute Gasteiger partial charge is 0.383 e. The van der Waals surface area contributed by atoms with Crippen molar-refractivity contribution >= 4 is 11.3 Å². The van der Waals surface area contributed by atoms with E-state index in [1.807, 2.05) is 12.3 Å². The molecule has 5 heteroatoms. The van der Waals surface area contributed by atoms with Crippen molar-refractivity contribution in [3.8, 4) is 0 Å². The lowest BCUT2D eigenvalue weighted by atomic mass is 9.84. The molecule has 0 unspecified atom stereocenters. The van der Waals surface area contributed by atoms with Gasteiger partial charge in [-0.05, 0) is 78.4 Å². The van der Waals surface area contributed by atoms with Crippen LogP contribution < -0.4 is 0 Å². The summed E-state index contributed by atoms with van der Waals surface area (Å²) in [6, 6.07) is 19.9. The summed E-state index contributed by atoms with van der Waals surface area (Å²) in [6.45, 7) is 5.98. The fraction of sp³-hybridized carbons (Fsp3) is 0.444. The topological polar surface area (TPSA) is 28.6 Å². The van der Waals surface area contributed by atoms with Gasteiger partial charge in [0.2, 0.25) is 0 Å². The predicted molar refractivity (Wildman–Crippen MR) is 133 cm³/mol. The first-order valence-corrected chi connectivity index (χ1v) is 12.7. The molecule has 1 aliphatic heterocycles. The van der Waals surface area contributed by atoms with Crippen molar-refractivity contribution in [3.63, 3.8) is 0 Å². The van der Waals surface area contributed by atoms with Crippen LogP contribution in [0.15, 0.2) is 71.6 Å². The molecule has 1 aliphatic rings. The van der Waals surface area contributed by atoms with Crippen molar-refractivity contribution < 1.29 is 4.74 Å². The molecule has 1 fully saturated rings. The smallest absolute Gasteiger partial charge is 0.0589 e. The van der Waals surface area contributed by atoms with Crippen LogP contribution in [0.1, 0.15) is 29.7 Å². The molecule has 0 bridgehead atoms. The summed E-state index contributed by atoms with van der Waals surface area (Å²) in [5, 5.41) is 4.47. The molecule has 0 amide bonds. The number of pyridine rings is 1. The minimum absolute atomic E-state index is 0.484. The first kappa shape index (κ1) is 23.1. The van der Waals surface area contributed by atoms with Crippen molar-refractivity contribution in [1.29, 1.82) is 0 Å². The Morgan fingerprint density at radius 3 is 2.56 bits per heavy atom. The molecule has 0 N–H and O–H groups in total. The molecule has 1 aromatic carbocycles. The molecule has 0 aliphatic carbocycles. The fourth-order valence-electron chi connectivity index (χ4n) is 4.86. The number of nitrogens with zero attached hydrogens (tertiary/aromatic N) is 3. The fourth-order valence-corrected chi connectivity index (χ4v) is 5.52. The standard InChI is InChI=1S/C27H35N3OS/c1-31-17-16-30(21-26-9-5-6-13-28-26)27(19-23-7-3-2-4-8-23)25-10-14-29(15-11-25)20-24-12-18-32-22-24/h2-9,12-13,18,22,25,27H,10-11,14-17,19-21H2,1H3/t27-/m0/s1. The lowest BCUT2D eigenvalue weighted by Gasteiger charge is -2.41. The molecule has 0 radical (unpaired) electrons. The Hall–Kier alpha value is -2.05. The summed E-state index contributed by atoms with van der Waals surface area (Å²) >= 11 is 1.80. The second-order valence-electron chi connectivity index (χ2n) is 8.79. The van der Waals surface area contributed by atoms with E-state index < -0.39 is 0 Å². The summed E-state index contributed by atoms with van der Waals surface area (Å²) in [4.78, 5) is 9.87. The molecule has 0 spiro atoms. The number of aromatic nitrogens is 1. The third kappa shape index (κ3) is 6.72. The van der Waals surface area contributed by atoms with Gasteiger partial charge in [-0.25, -0.2) is 0 Å². The van der Waals surface area contributed by atoms with Crippen LogP contribution in [-0.4, -0.2) is 54.2 Å². The van der Waals surface area contributed by atoms with Gasteiger partial charge in [0.15, 0.2) is 0 Å². The first-order valence-electron chi connectivity index (χ1n) is 11.7. The maximum Gasteiger partial charge on any atom is 0.0589 e. The lowest BCUT2D eigenvalue weighted by molar-refractivity contribution is 0.0564. The van der Waals surface area contributed by atoms with Crippen molar-refractivity contribution in [2.75, 3.05) is 33.4 Å². The zero-order chi connectivity index (χ0) is 22.0. The number of hydrogen-bond acceptors (Lipinski definition) is 5. The Morgan fingerprint density at radius 1 is 1.06 bits per heavy atom. The molecule has 1 atom stereocenters. The number of hydrogen-bond donors (Lipinski definition) is 0. The summed E-state index contributed by atoms with van der Waals surface area (Å²) in [5.74, 6) is 0.675. The third-order valence-electron chi connectivity index (χ3n) is 6.59. The first-order chi connectivity index (χ1) is 15.8. The summed E-state index contributed by atoms with van der Waals surface area (Å²) in [6.07, 6.45) is 5.46. The molecule has 3 aromatic rings. The molecule has 4 rings (SSSR count). The third-order valence-corrected chi connectivity index (χ3v) is 7.33. The summed E-state index contributed by atoms with van der Waals surface area (Å²) in [7, 11) is 1.80. The van der Waals surface area contributed by atoms with Gasteiger partial charge in [0.25, 0.3) is 0 Å². The predicted octanol–water partition coefficient (Wildman–Crippen LogP) is 5.12. The summed E-state index contributed by atoms with van der Waals surface area (Å²) < 4.78 is 5.50. The van der Waals surface area contributed by atoms with Gasteiger partial charge >= 0.3 is 0 Å². The maximum absolute atomic E-state index is 5.50. The zero-order valence-electron chi connectivity index (χ0n) is 19.1. The van der Waals surface area contributed by atoms with Crippen LogP contribution in [0.4, 0.5) is 0 Å². The molecule has 32 heavy (non-hydrogen) atoms. The number of thiophene rings is 1. The number of likely N-dealkylation sites (tertiary alicyclic amines) is 1. The minimum atomic E-state index is 0.484. The molecule has 2 aromatic heterocycles. The van der Waals surface area contributed by atoms with Gasteiger partial charge in [-0.3, -0.25) is 14.8 Å². The number of piperidine rings is 1. The van der Waals surface area contributed by atoms with Crippen LogP contribution in [0, 0.1) is 5.92 Å². The van der Waals surface area contributed by atoms with Crippen LogP contribution in [-0.2, 0) is 24.2 Å². The minimum Gasteiger partial charge on any atom is -0.383 e. The van der Waals surface area contributed by atoms with E-state index in [1.165, 1.54) is 37.1 Å². The second-order valence-corrected chi connectivity index (χ2v) is 9.57. The highest BCUT2D eigenvalue weighted by molar-refractivity contribution is 7.07. The van der Waals surface area contributed by atoms with E-state index in [4.69, 9.17) is 4.74 Å². The molecule has 3 heterocycles. The normalized spacial score (nSPS) is 16.4. The Morgan fingerprint density at radius 2 is 1.88 bits per heavy atom. The highest BCUT2D eigenvalue weighted by atomic mass is 32.1. The highest BCUT2D eigenvalue weighted by Gasteiger charge is 2.31. The Balaban J connectivity index is 1.48. The van der Waals surface area contributed by atoms with Crippen LogP contribution >= 0.6 is 11.3 Å². The number of ether oxygens (including phenoxy) is 1. The van der Waals surface area contributed by atoms with E-state index in [0.717, 1.165) is 38.4 Å². The van der Waals surface area contributed by atoms with Gasteiger partial charge in [0, 0.05) is 39.0 Å². The van der Waals surface area contributed by atoms with E-state index in [9.17, 15) is 0 Å². The van der Waals surface area contributed by atoms with Crippen LogP contribution in [0.2, 0.25) is 0 Å². The van der Waals surface area contributed by atoms with Crippen molar-refractivity contribution in [1.82, 2.24) is 14.8 Å². The van der Waals surface area contributed by atoms with E-state index in [0.29, 0.717) is 12.0 Å². The van der Waals surface area contributed by atoms with Gasteiger partial charge in [0.05, 0.1) is 12.3 Å². The quantitative estimate of drug-likeness (QED) is 0.406. The molecular formula is C27H35N3OS. The van der Waals surface area contributed by atoms with E-state index in [2.05, 4.69) is 74.1 Å². The van der Waals surface area contributed by atoms with Crippen LogP contribution in [0.25, 0.3) is 0 Å². The Labute approximate surface area is 196 Å². The number of methoxy groups -OCH3 is 1. The maximum atomic E-state index is 5.50. The Bertz CT molecular complexity index is 880. The average Bonchev–Trinajstić information content (AvgIpc) is 3.35. The molecule has 0 saturated carbocycles. The lowest BCUT2D eigenvalue weighted by Crippen LogP contribution is -2.47. The van der Waals surface area contributed by atoms with Gasteiger partial charge in [-0.1, -0.05) is 36.4 Å². The second kappa shape index (κ2) is 12.3. The van der Waals surface area contributed by atoms with E-state index in [-0.39, 0.29) is 0 Å². The highest BCUT2D eigenvalue weighted by Crippen LogP contribution is 2.29. The van der Waals surface area contributed by atoms with Crippen molar-refractivity contribution in [2.24, 2.45) is 5.92 Å². The molecule has 4 nitrogen and oxygen atoms in total. The van der Waals surface area contributed by atoms with Gasteiger partial charge in [-0.15, -0.1) is 0 Å². The summed E-state index contributed by atoms with van der Waals surface area (Å²) in [5.41, 5.74) is 4.00. The van der Waals surface area contributed by atoms with Crippen LogP contribution in [0.3, 0.4) is 0 Å². The Kier molecular flexibility index (Phi) is 8.86.